The lowest BCUT2D eigenvalue weighted by Gasteiger charge is -2.18. The lowest BCUT2D eigenvalue weighted by atomic mass is 10.00. The molecule has 5 rings (SSSR count). The van der Waals surface area contributed by atoms with Gasteiger partial charge in [-0.05, 0) is 42.9 Å². The summed E-state index contributed by atoms with van der Waals surface area (Å²) in [5.74, 6) is 3.41. The summed E-state index contributed by atoms with van der Waals surface area (Å²) in [4.78, 5) is 9.29. The average Bonchev–Trinajstić information content (AvgIpc) is 3.40. The molecule has 2 aliphatic rings. The van der Waals surface area contributed by atoms with Crippen LogP contribution in [-0.4, -0.2) is 33.0 Å². The van der Waals surface area contributed by atoms with Crippen molar-refractivity contribution in [3.8, 4) is 5.69 Å². The molecule has 2 aromatic heterocycles. The molecule has 1 saturated heterocycles. The Kier molecular flexibility index (Phi) is 4.02. The first-order valence-corrected chi connectivity index (χ1v) is 9.40. The van der Waals surface area contributed by atoms with E-state index < -0.39 is 0 Å². The Morgan fingerprint density at radius 3 is 2.58 bits per heavy atom. The van der Waals surface area contributed by atoms with Crippen molar-refractivity contribution in [3.05, 3.63) is 72.1 Å². The van der Waals surface area contributed by atoms with Crippen LogP contribution in [0, 0.1) is 0 Å². The second-order valence-corrected chi connectivity index (χ2v) is 7.20. The third-order valence-electron chi connectivity index (χ3n) is 5.48. The maximum atomic E-state index is 5.51. The number of ether oxygens (including phenoxy) is 1. The van der Waals surface area contributed by atoms with Crippen LogP contribution in [0.5, 0.6) is 0 Å². The van der Waals surface area contributed by atoms with Crippen molar-refractivity contribution in [1.82, 2.24) is 19.7 Å². The van der Waals surface area contributed by atoms with Gasteiger partial charge in [0.05, 0.1) is 11.9 Å². The lowest BCUT2D eigenvalue weighted by Crippen LogP contribution is -2.15. The second kappa shape index (κ2) is 6.65. The highest BCUT2D eigenvalue weighted by molar-refractivity contribution is 5.36. The zero-order valence-electron chi connectivity index (χ0n) is 14.7. The van der Waals surface area contributed by atoms with E-state index in [1.807, 2.05) is 16.9 Å². The quantitative estimate of drug-likeness (QED) is 0.720. The number of hydrogen-bond acceptors (Lipinski definition) is 4. The molecule has 0 spiro atoms. The molecule has 3 aromatic rings. The molecule has 3 heterocycles. The summed E-state index contributed by atoms with van der Waals surface area (Å²) in [6.07, 6.45) is 6.80. The third kappa shape index (κ3) is 2.92. The molecule has 0 unspecified atom stereocenters. The fourth-order valence-corrected chi connectivity index (χ4v) is 3.93. The monoisotopic (exact) mass is 346 g/mol. The highest BCUT2D eigenvalue weighted by Gasteiger charge is 2.43. The summed E-state index contributed by atoms with van der Waals surface area (Å²) in [6, 6.07) is 14.7. The largest absolute Gasteiger partial charge is 0.381 e. The Hall–Kier alpha value is -2.53. The maximum absolute atomic E-state index is 5.51. The predicted octanol–water partition coefficient (Wildman–Crippen LogP) is 3.83. The molecule has 0 amide bonds. The summed E-state index contributed by atoms with van der Waals surface area (Å²) < 4.78 is 7.52. The molecule has 1 aromatic carbocycles. The molecule has 1 saturated carbocycles. The van der Waals surface area contributed by atoms with Gasteiger partial charge in [-0.2, -0.15) is 5.10 Å². The second-order valence-electron chi connectivity index (χ2n) is 7.20. The van der Waals surface area contributed by atoms with E-state index in [0.717, 1.165) is 49.8 Å². The van der Waals surface area contributed by atoms with Crippen LogP contribution in [0.15, 0.2) is 54.9 Å². The Balaban J connectivity index is 1.50. The van der Waals surface area contributed by atoms with E-state index in [0.29, 0.717) is 17.8 Å². The van der Waals surface area contributed by atoms with Crippen LogP contribution in [0.1, 0.15) is 54.2 Å². The molecule has 2 fully saturated rings. The van der Waals surface area contributed by atoms with E-state index in [4.69, 9.17) is 14.8 Å². The summed E-state index contributed by atoms with van der Waals surface area (Å²) >= 11 is 0. The smallest absolute Gasteiger partial charge is 0.154 e. The number of benzene rings is 1. The van der Waals surface area contributed by atoms with Gasteiger partial charge in [0.15, 0.2) is 5.82 Å². The molecule has 0 bridgehead atoms. The van der Waals surface area contributed by atoms with Gasteiger partial charge in [-0.3, -0.25) is 4.98 Å². The van der Waals surface area contributed by atoms with Gasteiger partial charge in [-0.1, -0.05) is 30.3 Å². The van der Waals surface area contributed by atoms with E-state index in [1.54, 1.807) is 6.20 Å². The van der Waals surface area contributed by atoms with Crippen LogP contribution in [0.2, 0.25) is 0 Å². The van der Waals surface area contributed by atoms with Crippen molar-refractivity contribution >= 4 is 0 Å². The molecule has 1 aliphatic carbocycles. The minimum Gasteiger partial charge on any atom is -0.381 e. The van der Waals surface area contributed by atoms with Crippen LogP contribution in [-0.2, 0) is 4.74 Å². The maximum Gasteiger partial charge on any atom is 0.154 e. The zero-order valence-corrected chi connectivity index (χ0v) is 14.7. The molecular formula is C21H22N4O. The van der Waals surface area contributed by atoms with Gasteiger partial charge in [0.1, 0.15) is 5.82 Å². The Morgan fingerprint density at radius 2 is 1.81 bits per heavy atom. The Labute approximate surface area is 153 Å². The fourth-order valence-electron chi connectivity index (χ4n) is 3.93. The number of pyridine rings is 1. The highest BCUT2D eigenvalue weighted by Crippen LogP contribution is 2.54. The van der Waals surface area contributed by atoms with E-state index >= 15 is 0 Å². The van der Waals surface area contributed by atoms with Gasteiger partial charge < -0.3 is 4.74 Å². The van der Waals surface area contributed by atoms with Gasteiger partial charge in [0, 0.05) is 31.2 Å². The first-order valence-electron chi connectivity index (χ1n) is 9.40. The number of nitrogens with zero attached hydrogens (tertiary/aromatic N) is 4. The third-order valence-corrected chi connectivity index (χ3v) is 5.48. The van der Waals surface area contributed by atoms with Crippen molar-refractivity contribution in [3.63, 3.8) is 0 Å². The summed E-state index contributed by atoms with van der Waals surface area (Å²) in [5, 5.41) is 4.90. The normalized spacial score (nSPS) is 23.1. The molecule has 5 nitrogen and oxygen atoms in total. The van der Waals surface area contributed by atoms with Gasteiger partial charge in [-0.25, -0.2) is 9.67 Å². The highest BCUT2D eigenvalue weighted by atomic mass is 16.5. The number of aromatic nitrogens is 4. The molecule has 2 atom stereocenters. The summed E-state index contributed by atoms with van der Waals surface area (Å²) in [6.45, 7) is 1.61. The molecule has 0 radical (unpaired) electrons. The lowest BCUT2D eigenvalue weighted by molar-refractivity contribution is 0.0836. The van der Waals surface area contributed by atoms with Gasteiger partial charge >= 0.3 is 0 Å². The summed E-state index contributed by atoms with van der Waals surface area (Å²) in [7, 11) is 0. The topological polar surface area (TPSA) is 52.8 Å². The predicted molar refractivity (Wildman–Crippen MR) is 98.5 cm³/mol. The van der Waals surface area contributed by atoms with Crippen molar-refractivity contribution in [1.29, 1.82) is 0 Å². The van der Waals surface area contributed by atoms with Crippen molar-refractivity contribution < 1.29 is 4.74 Å². The standard InChI is InChI=1S/C21H22N4O/c1-2-5-15(6-3-1)18-13-19(18)21-23-20(16-8-11-26-12-9-16)24-25(21)17-7-4-10-22-14-17/h1-7,10,14,16,18-19H,8-9,11-13H2/t18-,19+/m0/s1. The van der Waals surface area contributed by atoms with Crippen LogP contribution in [0.4, 0.5) is 0 Å². The van der Waals surface area contributed by atoms with E-state index in [-0.39, 0.29) is 0 Å². The Morgan fingerprint density at radius 1 is 0.962 bits per heavy atom. The van der Waals surface area contributed by atoms with Crippen LogP contribution in [0.25, 0.3) is 5.69 Å². The van der Waals surface area contributed by atoms with Crippen LogP contribution < -0.4 is 0 Å². The van der Waals surface area contributed by atoms with Crippen LogP contribution in [0.3, 0.4) is 0 Å². The number of hydrogen-bond donors (Lipinski definition) is 0. The molecule has 1 aliphatic heterocycles. The minimum absolute atomic E-state index is 0.398. The zero-order chi connectivity index (χ0) is 17.3. The number of rotatable bonds is 4. The first kappa shape index (κ1) is 15.7. The molecule has 0 N–H and O–H groups in total. The van der Waals surface area contributed by atoms with Gasteiger partial charge in [-0.15, -0.1) is 0 Å². The van der Waals surface area contributed by atoms with E-state index in [9.17, 15) is 0 Å². The summed E-state index contributed by atoms with van der Waals surface area (Å²) in [5.41, 5.74) is 2.39. The van der Waals surface area contributed by atoms with Gasteiger partial charge in [0.2, 0.25) is 0 Å². The molecule has 5 heteroatoms. The van der Waals surface area contributed by atoms with Gasteiger partial charge in [0.25, 0.3) is 0 Å². The van der Waals surface area contributed by atoms with E-state index in [2.05, 4.69) is 41.4 Å². The fraction of sp³-hybridized carbons (Fsp3) is 0.381. The molecule has 132 valence electrons. The average molecular weight is 346 g/mol. The molecular weight excluding hydrogens is 324 g/mol. The Bertz CT molecular complexity index is 872. The van der Waals surface area contributed by atoms with Crippen molar-refractivity contribution in [2.75, 3.05) is 13.2 Å². The van der Waals surface area contributed by atoms with Crippen molar-refractivity contribution in [2.24, 2.45) is 0 Å². The van der Waals surface area contributed by atoms with Crippen molar-refractivity contribution in [2.45, 2.75) is 37.0 Å². The minimum atomic E-state index is 0.398. The SMILES string of the molecule is c1ccc([C@@H]2C[C@H]2c2nc(C3CCOCC3)nn2-c2cccnc2)cc1. The van der Waals surface area contributed by atoms with E-state index in [1.165, 1.54) is 5.56 Å². The first-order chi connectivity index (χ1) is 12.9. The molecule has 26 heavy (non-hydrogen) atoms. The van der Waals surface area contributed by atoms with Crippen LogP contribution >= 0.6 is 0 Å².